The number of rotatable bonds is 4. The Bertz CT molecular complexity index is 1390. The van der Waals surface area contributed by atoms with Crippen molar-refractivity contribution in [3.8, 4) is 6.07 Å². The summed E-state index contributed by atoms with van der Waals surface area (Å²) in [7, 11) is 0. The molecule has 0 radical (unpaired) electrons. The van der Waals surface area contributed by atoms with Crippen LogP contribution in [0.5, 0.6) is 0 Å². The molecule has 0 bridgehead atoms. The molecule has 4 rings (SSSR count). The van der Waals surface area contributed by atoms with Crippen LogP contribution >= 0.6 is 0 Å². The fraction of sp³-hybridized carbons (Fsp3) is 0.370. The summed E-state index contributed by atoms with van der Waals surface area (Å²) in [6.07, 6.45) is 0.0758. The van der Waals surface area contributed by atoms with Crippen molar-refractivity contribution < 1.29 is 32.3 Å². The van der Waals surface area contributed by atoms with Gasteiger partial charge >= 0.3 is 11.8 Å². The highest BCUT2D eigenvalue weighted by Crippen LogP contribution is 2.46. The average molecular weight is 542 g/mol. The van der Waals surface area contributed by atoms with Crippen LogP contribution in [-0.4, -0.2) is 47.2 Å². The average Bonchev–Trinajstić information content (AvgIpc) is 3.37. The van der Waals surface area contributed by atoms with Gasteiger partial charge in [-0.1, -0.05) is 39.0 Å². The van der Waals surface area contributed by atoms with E-state index in [2.05, 4.69) is 16.7 Å². The third-order valence-corrected chi connectivity index (χ3v) is 6.79. The Morgan fingerprint density at radius 2 is 1.79 bits per heavy atom. The third-order valence-electron chi connectivity index (χ3n) is 6.79. The van der Waals surface area contributed by atoms with Crippen molar-refractivity contribution in [1.82, 2.24) is 10.2 Å². The van der Waals surface area contributed by atoms with Crippen LogP contribution in [0.3, 0.4) is 0 Å². The van der Waals surface area contributed by atoms with Gasteiger partial charge in [0.15, 0.2) is 11.6 Å². The first-order valence-electron chi connectivity index (χ1n) is 12.1. The van der Waals surface area contributed by atoms with E-state index >= 15 is 0 Å². The number of carbonyl (C=O) groups is 4. The molecule has 4 amide bonds. The smallest absolute Gasteiger partial charge is 0.313 e. The standard InChI is InChI=1S/C27H26F3N5O4/c1-26(2,3)11-20(32-22(36)23(37)34-21-17(29)8-14(28)9-18(21)30)24(38)35-13-27(10-15(35)12-31)16-6-4-5-7-19(16)33-25(27)39/h4-9,15,20H,10-11,13H2,1-3H3,(H,32,36)(H,33,39)(H,34,37)/t15?,20-,27-/m0/s1. The second-order valence-electron chi connectivity index (χ2n) is 10.9. The molecular formula is C27H26F3N5O4. The molecule has 1 saturated heterocycles. The summed E-state index contributed by atoms with van der Waals surface area (Å²) in [5.41, 5.74) is -1.48. The Labute approximate surface area is 222 Å². The number of likely N-dealkylation sites (tertiary alicyclic amines) is 1. The first-order valence-corrected chi connectivity index (χ1v) is 12.1. The summed E-state index contributed by atoms with van der Waals surface area (Å²) in [6.45, 7) is 5.24. The highest BCUT2D eigenvalue weighted by atomic mass is 19.1. The van der Waals surface area contributed by atoms with Crippen LogP contribution in [0.15, 0.2) is 36.4 Å². The molecule has 3 N–H and O–H groups in total. The molecule has 2 aromatic rings. The van der Waals surface area contributed by atoms with Gasteiger partial charge in [0, 0.05) is 30.8 Å². The minimum absolute atomic E-state index is 0.0363. The molecule has 39 heavy (non-hydrogen) atoms. The Kier molecular flexibility index (Phi) is 7.12. The quantitative estimate of drug-likeness (QED) is 0.513. The maximum Gasteiger partial charge on any atom is 0.313 e. The zero-order valence-electron chi connectivity index (χ0n) is 21.4. The van der Waals surface area contributed by atoms with E-state index in [1.54, 1.807) is 50.4 Å². The lowest BCUT2D eigenvalue weighted by molar-refractivity contribution is -0.141. The molecule has 2 aliphatic heterocycles. The molecule has 0 aliphatic carbocycles. The van der Waals surface area contributed by atoms with Crippen LogP contribution in [-0.2, 0) is 24.6 Å². The van der Waals surface area contributed by atoms with Gasteiger partial charge in [-0.2, -0.15) is 5.26 Å². The number of nitriles is 1. The van der Waals surface area contributed by atoms with Crippen LogP contribution in [0.2, 0.25) is 0 Å². The second kappa shape index (κ2) is 10.1. The number of halogens is 3. The van der Waals surface area contributed by atoms with E-state index in [1.807, 2.05) is 0 Å². The van der Waals surface area contributed by atoms with Crippen LogP contribution in [0.25, 0.3) is 0 Å². The van der Waals surface area contributed by atoms with Crippen LogP contribution in [0.1, 0.15) is 39.2 Å². The molecule has 0 aromatic heterocycles. The van der Waals surface area contributed by atoms with Crippen LogP contribution < -0.4 is 16.0 Å². The van der Waals surface area contributed by atoms with Crippen LogP contribution in [0, 0.1) is 34.2 Å². The molecule has 1 fully saturated rings. The first kappa shape index (κ1) is 27.6. The minimum Gasteiger partial charge on any atom is -0.336 e. The summed E-state index contributed by atoms with van der Waals surface area (Å²) in [5, 5.41) is 16.7. The van der Waals surface area contributed by atoms with Gasteiger partial charge in [-0.3, -0.25) is 19.2 Å². The zero-order chi connectivity index (χ0) is 28.7. The fourth-order valence-corrected chi connectivity index (χ4v) is 5.05. The second-order valence-corrected chi connectivity index (χ2v) is 10.9. The predicted molar refractivity (Wildman–Crippen MR) is 133 cm³/mol. The number of hydrogen-bond acceptors (Lipinski definition) is 5. The van der Waals surface area contributed by atoms with Crippen molar-refractivity contribution in [2.45, 2.75) is 51.1 Å². The Balaban J connectivity index is 1.58. The molecule has 9 nitrogen and oxygen atoms in total. The number of carbonyl (C=O) groups excluding carboxylic acids is 4. The summed E-state index contributed by atoms with van der Waals surface area (Å²) < 4.78 is 41.1. The topological polar surface area (TPSA) is 131 Å². The summed E-state index contributed by atoms with van der Waals surface area (Å²) >= 11 is 0. The molecule has 2 aromatic carbocycles. The van der Waals surface area contributed by atoms with Gasteiger partial charge in [-0.25, -0.2) is 13.2 Å². The number of nitrogens with zero attached hydrogens (tertiary/aromatic N) is 2. The van der Waals surface area contributed by atoms with Gasteiger partial charge in [-0.15, -0.1) is 0 Å². The Morgan fingerprint density at radius 3 is 2.41 bits per heavy atom. The highest BCUT2D eigenvalue weighted by Gasteiger charge is 2.56. The summed E-state index contributed by atoms with van der Waals surface area (Å²) in [5.74, 6) is -7.95. The Hall–Kier alpha value is -4.40. The molecular weight excluding hydrogens is 515 g/mol. The van der Waals surface area contributed by atoms with Gasteiger partial charge in [0.1, 0.15) is 23.6 Å². The van der Waals surface area contributed by atoms with Crippen molar-refractivity contribution in [2.24, 2.45) is 5.41 Å². The third kappa shape index (κ3) is 5.30. The van der Waals surface area contributed by atoms with Gasteiger partial charge in [0.2, 0.25) is 11.8 Å². The van der Waals surface area contributed by atoms with E-state index in [9.17, 15) is 37.6 Å². The molecule has 3 atom stereocenters. The van der Waals surface area contributed by atoms with Crippen molar-refractivity contribution in [2.75, 3.05) is 17.2 Å². The summed E-state index contributed by atoms with van der Waals surface area (Å²) in [4.78, 5) is 53.2. The number of fused-ring (bicyclic) bond motifs is 2. The van der Waals surface area contributed by atoms with E-state index < -0.39 is 63.8 Å². The fourth-order valence-electron chi connectivity index (χ4n) is 5.05. The van der Waals surface area contributed by atoms with E-state index in [4.69, 9.17) is 0 Å². The minimum atomic E-state index is -1.48. The van der Waals surface area contributed by atoms with E-state index in [0.29, 0.717) is 23.4 Å². The monoisotopic (exact) mass is 541 g/mol. The SMILES string of the molecule is CC(C)(C)C[C@H](NC(=O)C(=O)Nc1c(F)cc(F)cc1F)C(=O)N1C[C@]2(CC1C#N)C(=O)Nc1ccccc12. The molecule has 1 unspecified atom stereocenters. The van der Waals surface area contributed by atoms with E-state index in [0.717, 1.165) is 0 Å². The first-order chi connectivity index (χ1) is 18.3. The van der Waals surface area contributed by atoms with Gasteiger partial charge in [-0.05, 0) is 23.5 Å². The number of anilines is 2. The number of hydrogen-bond donors (Lipinski definition) is 3. The van der Waals surface area contributed by atoms with E-state index in [1.165, 1.54) is 4.90 Å². The highest BCUT2D eigenvalue weighted by molar-refractivity contribution is 6.40. The van der Waals surface area contributed by atoms with Gasteiger partial charge < -0.3 is 20.9 Å². The lowest BCUT2D eigenvalue weighted by Crippen LogP contribution is -2.53. The molecule has 2 heterocycles. The van der Waals surface area contributed by atoms with Crippen molar-refractivity contribution in [1.29, 1.82) is 5.26 Å². The molecule has 204 valence electrons. The summed E-state index contributed by atoms with van der Waals surface area (Å²) in [6, 6.07) is 7.41. The zero-order valence-corrected chi connectivity index (χ0v) is 21.4. The maximum absolute atomic E-state index is 14.0. The van der Waals surface area contributed by atoms with Crippen LogP contribution in [0.4, 0.5) is 24.5 Å². The maximum atomic E-state index is 14.0. The molecule has 0 saturated carbocycles. The number of benzene rings is 2. The van der Waals surface area contributed by atoms with E-state index in [-0.39, 0.29) is 25.3 Å². The lowest BCUT2D eigenvalue weighted by Gasteiger charge is -2.31. The lowest BCUT2D eigenvalue weighted by atomic mass is 9.80. The van der Waals surface area contributed by atoms with Crippen molar-refractivity contribution in [3.63, 3.8) is 0 Å². The number of para-hydroxylation sites is 1. The molecule has 12 heteroatoms. The number of amides is 4. The predicted octanol–water partition coefficient (Wildman–Crippen LogP) is 2.98. The largest absolute Gasteiger partial charge is 0.336 e. The van der Waals surface area contributed by atoms with Crippen molar-refractivity contribution in [3.05, 3.63) is 59.4 Å². The molecule has 2 aliphatic rings. The normalized spacial score (nSPS) is 20.7. The molecule has 1 spiro atoms. The Morgan fingerprint density at radius 1 is 1.15 bits per heavy atom. The van der Waals surface area contributed by atoms with Gasteiger partial charge in [0.25, 0.3) is 0 Å². The van der Waals surface area contributed by atoms with Gasteiger partial charge in [0.05, 0.1) is 11.5 Å². The van der Waals surface area contributed by atoms with Crippen molar-refractivity contribution >= 4 is 35.0 Å². The number of nitrogens with one attached hydrogen (secondary N) is 3.